The lowest BCUT2D eigenvalue weighted by Gasteiger charge is -2.29. The zero-order valence-corrected chi connectivity index (χ0v) is 15.4. The number of hydrogen-bond acceptors (Lipinski definition) is 3. The average molecular weight is 356 g/mol. The van der Waals surface area contributed by atoms with Crippen LogP contribution in [0.2, 0.25) is 0 Å². The van der Waals surface area contributed by atoms with E-state index in [9.17, 15) is 8.42 Å². The molecular formula is C20H24N2O2S. The van der Waals surface area contributed by atoms with Crippen molar-refractivity contribution in [1.82, 2.24) is 4.90 Å². The number of likely N-dealkylation sites (tertiary alicyclic amines) is 1. The standard InChI is InChI=1S/C20H24N2O2S/c1-21-12-9-16(10-13-21)17-7-8-20-18(15-17)11-14-22(20)25(23,24)19-5-3-2-4-6-19/h2-8,15-16H,9-14H2,1H3. The molecule has 0 aliphatic carbocycles. The van der Waals surface area contributed by atoms with Crippen LogP contribution in [0.5, 0.6) is 0 Å². The van der Waals surface area contributed by atoms with Crippen LogP contribution in [0.1, 0.15) is 29.9 Å². The van der Waals surface area contributed by atoms with Crippen molar-refractivity contribution >= 4 is 15.7 Å². The molecular weight excluding hydrogens is 332 g/mol. The number of piperidine rings is 1. The number of sulfonamides is 1. The van der Waals surface area contributed by atoms with Gasteiger partial charge >= 0.3 is 0 Å². The van der Waals surface area contributed by atoms with Crippen molar-refractivity contribution in [2.75, 3.05) is 31.0 Å². The Kier molecular flexibility index (Phi) is 4.29. The van der Waals surface area contributed by atoms with Gasteiger partial charge in [-0.3, -0.25) is 4.31 Å². The van der Waals surface area contributed by atoms with Gasteiger partial charge in [0, 0.05) is 6.54 Å². The van der Waals surface area contributed by atoms with Crippen LogP contribution in [0.4, 0.5) is 5.69 Å². The normalized spacial score (nSPS) is 19.2. The molecule has 0 bridgehead atoms. The summed E-state index contributed by atoms with van der Waals surface area (Å²) in [4.78, 5) is 2.74. The van der Waals surface area contributed by atoms with E-state index in [-0.39, 0.29) is 0 Å². The monoisotopic (exact) mass is 356 g/mol. The minimum atomic E-state index is -3.47. The SMILES string of the molecule is CN1CCC(c2ccc3c(c2)CCN3S(=O)(=O)c2ccccc2)CC1. The summed E-state index contributed by atoms with van der Waals surface area (Å²) in [6.45, 7) is 2.80. The lowest BCUT2D eigenvalue weighted by Crippen LogP contribution is -2.29. The maximum Gasteiger partial charge on any atom is 0.264 e. The Labute approximate surface area is 150 Å². The number of rotatable bonds is 3. The van der Waals surface area contributed by atoms with Gasteiger partial charge in [0.2, 0.25) is 0 Å². The van der Waals surface area contributed by atoms with Crippen molar-refractivity contribution in [2.24, 2.45) is 0 Å². The molecule has 1 saturated heterocycles. The molecule has 4 rings (SSSR count). The summed E-state index contributed by atoms with van der Waals surface area (Å²) in [6.07, 6.45) is 3.16. The van der Waals surface area contributed by atoms with E-state index in [0.717, 1.165) is 30.8 Å². The number of anilines is 1. The highest BCUT2D eigenvalue weighted by atomic mass is 32.2. The van der Waals surface area contributed by atoms with E-state index < -0.39 is 10.0 Å². The van der Waals surface area contributed by atoms with Crippen LogP contribution < -0.4 is 4.31 Å². The molecule has 0 aromatic heterocycles. The largest absolute Gasteiger partial charge is 0.306 e. The zero-order valence-electron chi connectivity index (χ0n) is 14.6. The highest BCUT2D eigenvalue weighted by Crippen LogP contribution is 2.36. The minimum absolute atomic E-state index is 0.363. The fourth-order valence-electron chi connectivity index (χ4n) is 3.96. The predicted octanol–water partition coefficient (Wildman–Crippen LogP) is 3.25. The Morgan fingerprint density at radius 2 is 1.68 bits per heavy atom. The van der Waals surface area contributed by atoms with Crippen LogP contribution in [0.15, 0.2) is 53.4 Å². The Morgan fingerprint density at radius 1 is 0.960 bits per heavy atom. The molecule has 2 aliphatic heterocycles. The summed E-state index contributed by atoms with van der Waals surface area (Å²) < 4.78 is 27.4. The lowest BCUT2D eigenvalue weighted by molar-refractivity contribution is 0.255. The maximum absolute atomic E-state index is 12.9. The zero-order chi connectivity index (χ0) is 17.4. The molecule has 1 fully saturated rings. The Hall–Kier alpha value is -1.85. The first-order valence-electron chi connectivity index (χ1n) is 8.95. The van der Waals surface area contributed by atoms with Gasteiger partial charge in [0.25, 0.3) is 10.0 Å². The second-order valence-corrected chi connectivity index (χ2v) is 8.97. The molecule has 0 radical (unpaired) electrons. The first-order chi connectivity index (χ1) is 12.1. The first kappa shape index (κ1) is 16.6. The summed E-state index contributed by atoms with van der Waals surface area (Å²) in [5.41, 5.74) is 3.38. The third-order valence-corrected chi connectivity index (χ3v) is 7.31. The second kappa shape index (κ2) is 6.46. The summed E-state index contributed by atoms with van der Waals surface area (Å²) >= 11 is 0. The quantitative estimate of drug-likeness (QED) is 0.848. The fourth-order valence-corrected chi connectivity index (χ4v) is 5.48. The van der Waals surface area contributed by atoms with E-state index >= 15 is 0 Å². The Morgan fingerprint density at radius 3 is 2.40 bits per heavy atom. The molecule has 0 atom stereocenters. The molecule has 0 amide bonds. The topological polar surface area (TPSA) is 40.6 Å². The molecule has 2 aliphatic rings. The van der Waals surface area contributed by atoms with Crippen molar-refractivity contribution in [3.05, 3.63) is 59.7 Å². The van der Waals surface area contributed by atoms with Crippen molar-refractivity contribution in [1.29, 1.82) is 0 Å². The lowest BCUT2D eigenvalue weighted by atomic mass is 9.88. The van der Waals surface area contributed by atoms with Gasteiger partial charge < -0.3 is 4.90 Å². The van der Waals surface area contributed by atoms with E-state index in [1.54, 1.807) is 28.6 Å². The maximum atomic E-state index is 12.9. The van der Waals surface area contributed by atoms with Gasteiger partial charge in [-0.05, 0) is 74.6 Å². The summed E-state index contributed by atoms with van der Waals surface area (Å²) in [7, 11) is -1.30. The van der Waals surface area contributed by atoms with Gasteiger partial charge in [0.1, 0.15) is 0 Å². The highest BCUT2D eigenvalue weighted by molar-refractivity contribution is 7.92. The van der Waals surface area contributed by atoms with Gasteiger partial charge in [-0.2, -0.15) is 0 Å². The average Bonchev–Trinajstić information content (AvgIpc) is 3.07. The van der Waals surface area contributed by atoms with Crippen LogP contribution >= 0.6 is 0 Å². The third-order valence-electron chi connectivity index (χ3n) is 5.48. The molecule has 0 spiro atoms. The van der Waals surface area contributed by atoms with Gasteiger partial charge in [-0.1, -0.05) is 30.3 Å². The van der Waals surface area contributed by atoms with E-state index in [2.05, 4.69) is 24.1 Å². The summed E-state index contributed by atoms with van der Waals surface area (Å²) in [5.74, 6) is 0.598. The highest BCUT2D eigenvalue weighted by Gasteiger charge is 2.31. The number of hydrogen-bond donors (Lipinski definition) is 0. The van der Waals surface area contributed by atoms with E-state index in [0.29, 0.717) is 17.4 Å². The van der Waals surface area contributed by atoms with Crippen molar-refractivity contribution in [3.63, 3.8) is 0 Å². The van der Waals surface area contributed by atoms with Gasteiger partial charge in [0.15, 0.2) is 0 Å². The predicted molar refractivity (Wildman–Crippen MR) is 101 cm³/mol. The molecule has 2 aromatic carbocycles. The van der Waals surface area contributed by atoms with Gasteiger partial charge in [0.05, 0.1) is 10.6 Å². The van der Waals surface area contributed by atoms with Crippen molar-refractivity contribution < 1.29 is 8.42 Å². The number of fused-ring (bicyclic) bond motifs is 1. The first-order valence-corrected chi connectivity index (χ1v) is 10.4. The van der Waals surface area contributed by atoms with E-state index in [4.69, 9.17) is 0 Å². The smallest absolute Gasteiger partial charge is 0.264 e. The molecule has 5 heteroatoms. The number of nitrogens with zero attached hydrogens (tertiary/aromatic N) is 2. The second-order valence-electron chi connectivity index (χ2n) is 7.11. The Bertz CT molecular complexity index is 857. The molecule has 2 heterocycles. The molecule has 0 unspecified atom stereocenters. The van der Waals surface area contributed by atoms with Crippen LogP contribution in [-0.2, 0) is 16.4 Å². The molecule has 2 aromatic rings. The van der Waals surface area contributed by atoms with Crippen LogP contribution in [-0.4, -0.2) is 40.0 Å². The van der Waals surface area contributed by atoms with Crippen molar-refractivity contribution in [2.45, 2.75) is 30.1 Å². The summed E-state index contributed by atoms with van der Waals surface area (Å²) in [5, 5.41) is 0. The summed E-state index contributed by atoms with van der Waals surface area (Å²) in [6, 6.07) is 15.1. The Balaban J connectivity index is 1.62. The van der Waals surface area contributed by atoms with E-state index in [1.807, 2.05) is 12.1 Å². The van der Waals surface area contributed by atoms with E-state index in [1.165, 1.54) is 18.4 Å². The molecule has 132 valence electrons. The van der Waals surface area contributed by atoms with Crippen LogP contribution in [0, 0.1) is 0 Å². The van der Waals surface area contributed by atoms with Crippen LogP contribution in [0.3, 0.4) is 0 Å². The fraction of sp³-hybridized carbons (Fsp3) is 0.400. The van der Waals surface area contributed by atoms with Crippen LogP contribution in [0.25, 0.3) is 0 Å². The van der Waals surface area contributed by atoms with Gasteiger partial charge in [-0.15, -0.1) is 0 Å². The number of benzene rings is 2. The molecule has 4 nitrogen and oxygen atoms in total. The minimum Gasteiger partial charge on any atom is -0.306 e. The molecule has 25 heavy (non-hydrogen) atoms. The van der Waals surface area contributed by atoms with Gasteiger partial charge in [-0.25, -0.2) is 8.42 Å². The molecule has 0 N–H and O–H groups in total. The molecule has 0 saturated carbocycles. The van der Waals surface area contributed by atoms with Crippen molar-refractivity contribution in [3.8, 4) is 0 Å². The third kappa shape index (κ3) is 3.07.